The minimum atomic E-state index is 0.0980. The molecule has 0 bridgehead atoms. The molecule has 2 heteroatoms. The van der Waals surface area contributed by atoms with Crippen molar-refractivity contribution in [2.24, 2.45) is 4.99 Å². The zero-order valence-corrected chi connectivity index (χ0v) is 9.41. The summed E-state index contributed by atoms with van der Waals surface area (Å²) in [5.41, 5.74) is 2.15. The van der Waals surface area contributed by atoms with Crippen LogP contribution in [0, 0.1) is 0 Å². The van der Waals surface area contributed by atoms with Gasteiger partial charge in [0.05, 0.1) is 11.4 Å². The van der Waals surface area contributed by atoms with Gasteiger partial charge in [-0.05, 0) is 39.6 Å². The molecule has 0 atom stereocenters. The van der Waals surface area contributed by atoms with Gasteiger partial charge < -0.3 is 4.90 Å². The maximum atomic E-state index is 4.01. The third-order valence-corrected chi connectivity index (χ3v) is 2.42. The van der Waals surface area contributed by atoms with Gasteiger partial charge in [0.15, 0.2) is 0 Å². The molecule has 0 saturated heterocycles. The Balaban J connectivity index is 3.12. The summed E-state index contributed by atoms with van der Waals surface area (Å²) < 4.78 is 0. The molecule has 1 aromatic rings. The van der Waals surface area contributed by atoms with Crippen molar-refractivity contribution in [3.05, 3.63) is 24.3 Å². The van der Waals surface area contributed by atoms with Crippen LogP contribution in [-0.4, -0.2) is 19.3 Å². The van der Waals surface area contributed by atoms with E-state index in [-0.39, 0.29) is 5.54 Å². The lowest BCUT2D eigenvalue weighted by atomic mass is 10.1. The summed E-state index contributed by atoms with van der Waals surface area (Å²) in [6, 6.07) is 8.04. The van der Waals surface area contributed by atoms with Gasteiger partial charge in [-0.3, -0.25) is 4.99 Å². The molecule has 0 spiro atoms. The SMILES string of the molecule is C=Nc1ccccc1N(C)C(C)(C)C. The molecule has 2 nitrogen and oxygen atoms in total. The molecule has 76 valence electrons. The van der Waals surface area contributed by atoms with Crippen molar-refractivity contribution >= 4 is 18.1 Å². The highest BCUT2D eigenvalue weighted by Crippen LogP contribution is 2.31. The molecule has 0 heterocycles. The summed E-state index contributed by atoms with van der Waals surface area (Å²) in [7, 11) is 2.07. The van der Waals surface area contributed by atoms with Gasteiger partial charge in [-0.25, -0.2) is 0 Å². The van der Waals surface area contributed by atoms with E-state index >= 15 is 0 Å². The quantitative estimate of drug-likeness (QED) is 0.654. The molecule has 0 aliphatic rings. The van der Waals surface area contributed by atoms with E-state index in [1.807, 2.05) is 18.2 Å². The third-order valence-electron chi connectivity index (χ3n) is 2.42. The van der Waals surface area contributed by atoms with Gasteiger partial charge in [-0.2, -0.15) is 0 Å². The van der Waals surface area contributed by atoms with E-state index in [0.29, 0.717) is 0 Å². The maximum Gasteiger partial charge on any atom is 0.0855 e. The standard InChI is InChI=1S/C12H18N2/c1-12(2,3)14(5)11-9-7-6-8-10(11)13-4/h6-9H,4H2,1-3,5H3. The highest BCUT2D eigenvalue weighted by Gasteiger charge is 2.18. The van der Waals surface area contributed by atoms with Crippen LogP contribution >= 0.6 is 0 Å². The summed E-state index contributed by atoms with van der Waals surface area (Å²) >= 11 is 0. The van der Waals surface area contributed by atoms with Crippen molar-refractivity contribution in [3.8, 4) is 0 Å². The zero-order chi connectivity index (χ0) is 10.8. The van der Waals surface area contributed by atoms with Crippen LogP contribution in [0.4, 0.5) is 11.4 Å². The fourth-order valence-corrected chi connectivity index (χ4v) is 1.24. The number of anilines is 1. The first kappa shape index (κ1) is 10.8. The van der Waals surface area contributed by atoms with Crippen LogP contribution in [0.5, 0.6) is 0 Å². The van der Waals surface area contributed by atoms with Gasteiger partial charge in [-0.1, -0.05) is 12.1 Å². The zero-order valence-electron chi connectivity index (χ0n) is 9.41. The predicted octanol–water partition coefficient (Wildman–Crippen LogP) is 3.25. The van der Waals surface area contributed by atoms with E-state index in [4.69, 9.17) is 0 Å². The van der Waals surface area contributed by atoms with Gasteiger partial charge in [0.1, 0.15) is 0 Å². The molecular weight excluding hydrogens is 172 g/mol. The molecule has 0 amide bonds. The first-order chi connectivity index (χ1) is 6.46. The van der Waals surface area contributed by atoms with Crippen LogP contribution < -0.4 is 4.90 Å². The van der Waals surface area contributed by atoms with Gasteiger partial charge in [0.25, 0.3) is 0 Å². The Hall–Kier alpha value is -1.31. The van der Waals surface area contributed by atoms with E-state index in [1.165, 1.54) is 0 Å². The minimum absolute atomic E-state index is 0.0980. The average Bonchev–Trinajstić information content (AvgIpc) is 2.15. The van der Waals surface area contributed by atoms with Crippen molar-refractivity contribution in [1.29, 1.82) is 0 Å². The number of rotatable bonds is 2. The molecule has 0 aliphatic heterocycles. The molecule has 0 aliphatic carbocycles. The maximum absolute atomic E-state index is 4.01. The largest absolute Gasteiger partial charge is 0.368 e. The molecule has 0 N–H and O–H groups in total. The minimum Gasteiger partial charge on any atom is -0.368 e. The Bertz CT molecular complexity index is 323. The van der Waals surface area contributed by atoms with E-state index in [1.54, 1.807) is 0 Å². The Labute approximate surface area is 86.3 Å². The first-order valence-electron chi connectivity index (χ1n) is 4.76. The second-order valence-electron chi connectivity index (χ2n) is 4.38. The summed E-state index contributed by atoms with van der Waals surface area (Å²) in [4.78, 5) is 6.22. The van der Waals surface area contributed by atoms with Gasteiger partial charge in [0.2, 0.25) is 0 Å². The van der Waals surface area contributed by atoms with Crippen LogP contribution in [0.1, 0.15) is 20.8 Å². The number of nitrogens with zero attached hydrogens (tertiary/aromatic N) is 2. The van der Waals surface area contributed by atoms with E-state index in [9.17, 15) is 0 Å². The summed E-state index contributed by atoms with van der Waals surface area (Å²) in [6.07, 6.45) is 0. The topological polar surface area (TPSA) is 15.6 Å². The van der Waals surface area contributed by atoms with Crippen LogP contribution in [-0.2, 0) is 0 Å². The lowest BCUT2D eigenvalue weighted by molar-refractivity contribution is 0.539. The fourth-order valence-electron chi connectivity index (χ4n) is 1.24. The number of para-hydroxylation sites is 2. The Morgan fingerprint density at radius 2 is 1.79 bits per heavy atom. The Kier molecular flexibility index (Phi) is 2.94. The summed E-state index contributed by atoms with van der Waals surface area (Å²) in [5.74, 6) is 0. The van der Waals surface area contributed by atoms with Crippen LogP contribution in [0.3, 0.4) is 0 Å². The first-order valence-corrected chi connectivity index (χ1v) is 4.76. The fraction of sp³-hybridized carbons (Fsp3) is 0.417. The van der Waals surface area contributed by atoms with Gasteiger partial charge >= 0.3 is 0 Å². The molecule has 0 aromatic heterocycles. The Morgan fingerprint density at radius 3 is 2.29 bits per heavy atom. The number of benzene rings is 1. The van der Waals surface area contributed by atoms with E-state index < -0.39 is 0 Å². The molecule has 14 heavy (non-hydrogen) atoms. The number of aliphatic imine (C=N–C) groups is 1. The highest BCUT2D eigenvalue weighted by atomic mass is 15.2. The van der Waals surface area contributed by atoms with E-state index in [0.717, 1.165) is 11.4 Å². The summed E-state index contributed by atoms with van der Waals surface area (Å²) in [6.45, 7) is 10.1. The molecule has 0 radical (unpaired) electrons. The molecule has 1 aromatic carbocycles. The lowest BCUT2D eigenvalue weighted by Gasteiger charge is -2.34. The number of hydrogen-bond acceptors (Lipinski definition) is 2. The average molecular weight is 190 g/mol. The van der Waals surface area contributed by atoms with Gasteiger partial charge in [-0.15, -0.1) is 0 Å². The lowest BCUT2D eigenvalue weighted by Crippen LogP contribution is -2.38. The predicted molar refractivity (Wildman–Crippen MR) is 63.8 cm³/mol. The molecule has 0 unspecified atom stereocenters. The molecule has 1 rings (SSSR count). The van der Waals surface area contributed by atoms with E-state index in [2.05, 4.69) is 50.5 Å². The normalized spacial score (nSPS) is 11.1. The van der Waals surface area contributed by atoms with Crippen molar-refractivity contribution in [1.82, 2.24) is 0 Å². The van der Waals surface area contributed by atoms with Crippen molar-refractivity contribution in [2.45, 2.75) is 26.3 Å². The molecule has 0 saturated carbocycles. The van der Waals surface area contributed by atoms with Crippen molar-refractivity contribution in [3.63, 3.8) is 0 Å². The van der Waals surface area contributed by atoms with Crippen LogP contribution in [0.25, 0.3) is 0 Å². The second kappa shape index (κ2) is 3.82. The summed E-state index contributed by atoms with van der Waals surface area (Å²) in [5, 5.41) is 0. The van der Waals surface area contributed by atoms with Crippen LogP contribution in [0.2, 0.25) is 0 Å². The second-order valence-corrected chi connectivity index (χ2v) is 4.38. The van der Waals surface area contributed by atoms with Gasteiger partial charge in [0, 0.05) is 12.6 Å². The molecule has 0 fully saturated rings. The van der Waals surface area contributed by atoms with Crippen LogP contribution in [0.15, 0.2) is 29.3 Å². The highest BCUT2D eigenvalue weighted by molar-refractivity contribution is 5.69. The Morgan fingerprint density at radius 1 is 1.21 bits per heavy atom. The monoisotopic (exact) mass is 190 g/mol. The third kappa shape index (κ3) is 2.13. The van der Waals surface area contributed by atoms with Crippen molar-refractivity contribution < 1.29 is 0 Å². The smallest absolute Gasteiger partial charge is 0.0855 e. The molecular formula is C12H18N2. The number of hydrogen-bond donors (Lipinski definition) is 0. The van der Waals surface area contributed by atoms with Crippen molar-refractivity contribution in [2.75, 3.05) is 11.9 Å².